The first-order valence-corrected chi connectivity index (χ1v) is 4.71. The molecule has 0 atom stereocenters. The first kappa shape index (κ1) is 9.88. The third-order valence-corrected chi connectivity index (χ3v) is 2.03. The second-order valence-electron chi connectivity index (χ2n) is 3.42. The molecule has 0 fully saturated rings. The molecule has 15 heavy (non-hydrogen) atoms. The van der Waals surface area contributed by atoms with E-state index < -0.39 is 0 Å². The van der Waals surface area contributed by atoms with Gasteiger partial charge < -0.3 is 0 Å². The fourth-order valence-corrected chi connectivity index (χ4v) is 1.39. The van der Waals surface area contributed by atoms with E-state index in [4.69, 9.17) is 0 Å². The lowest BCUT2D eigenvalue weighted by atomic mass is 10.2. The molecule has 1 radical (unpaired) electrons. The van der Waals surface area contributed by atoms with Crippen LogP contribution < -0.4 is 0 Å². The largest absolute Gasteiger partial charge is 0.441 e. The lowest BCUT2D eigenvalue weighted by Gasteiger charge is -2.00. The summed E-state index contributed by atoms with van der Waals surface area (Å²) >= 11 is 0. The molecule has 0 saturated heterocycles. The highest BCUT2D eigenvalue weighted by molar-refractivity contribution is 6.31. The van der Waals surface area contributed by atoms with Crippen LogP contribution in [0.25, 0.3) is 0 Å². The Balaban J connectivity index is 2.29. The third kappa shape index (κ3) is 1.90. The first-order valence-electron chi connectivity index (χ1n) is 4.71. The van der Waals surface area contributed by atoms with Gasteiger partial charge in [-0.25, -0.2) is 9.97 Å². The Morgan fingerprint density at radius 2 is 1.20 bits per heavy atom. The Morgan fingerprint density at radius 1 is 0.800 bits per heavy atom. The minimum atomic E-state index is 0.748. The van der Waals surface area contributed by atoms with Gasteiger partial charge in [0.05, 0.1) is 0 Å². The van der Waals surface area contributed by atoms with Crippen LogP contribution in [0.15, 0.2) is 0 Å². The van der Waals surface area contributed by atoms with Crippen molar-refractivity contribution in [2.75, 3.05) is 0 Å². The highest BCUT2D eigenvalue weighted by Crippen LogP contribution is 1.97. The zero-order valence-electron chi connectivity index (χ0n) is 9.26. The number of rotatable bonds is 2. The second kappa shape index (κ2) is 3.49. The van der Waals surface area contributed by atoms with Crippen LogP contribution in [-0.2, 0) is 0 Å². The van der Waals surface area contributed by atoms with Crippen molar-refractivity contribution < 1.29 is 0 Å². The van der Waals surface area contributed by atoms with E-state index in [2.05, 4.69) is 20.2 Å². The Labute approximate surface area is 88.6 Å². The van der Waals surface area contributed by atoms with Crippen LogP contribution in [0.1, 0.15) is 23.3 Å². The molecule has 0 amide bonds. The molecule has 7 heteroatoms. The molecule has 6 nitrogen and oxygen atoms in total. The zero-order chi connectivity index (χ0) is 11.0. The highest BCUT2D eigenvalue weighted by atomic mass is 15.4. The molecule has 0 aliphatic rings. The van der Waals surface area contributed by atoms with Gasteiger partial charge in [0.1, 0.15) is 23.3 Å². The average molecular weight is 203 g/mol. The first-order chi connectivity index (χ1) is 7.06. The van der Waals surface area contributed by atoms with Crippen LogP contribution in [0.3, 0.4) is 0 Å². The van der Waals surface area contributed by atoms with Crippen LogP contribution in [0.2, 0.25) is 0 Å². The van der Waals surface area contributed by atoms with Crippen LogP contribution >= 0.6 is 0 Å². The molecule has 0 bridgehead atoms. The average Bonchev–Trinajstić information content (AvgIpc) is 2.58. The summed E-state index contributed by atoms with van der Waals surface area (Å²) < 4.78 is 3.38. The van der Waals surface area contributed by atoms with Crippen molar-refractivity contribution in [3.63, 3.8) is 0 Å². The van der Waals surface area contributed by atoms with Crippen LogP contribution in [-0.4, -0.2) is 36.9 Å². The predicted molar refractivity (Wildman–Crippen MR) is 55.5 cm³/mol. The van der Waals surface area contributed by atoms with Gasteiger partial charge in [0.25, 0.3) is 0 Å². The summed E-state index contributed by atoms with van der Waals surface area (Å²) in [5.74, 6) is 3.16. The van der Waals surface area contributed by atoms with Gasteiger partial charge in [-0.3, -0.25) is 9.19 Å². The maximum absolute atomic E-state index is 4.22. The van der Waals surface area contributed by atoms with Crippen molar-refractivity contribution in [2.24, 2.45) is 0 Å². The van der Waals surface area contributed by atoms with Gasteiger partial charge in [-0.05, 0) is 27.7 Å². The molecule has 2 aromatic rings. The normalized spacial score (nSPS) is 10.7. The van der Waals surface area contributed by atoms with E-state index in [0.29, 0.717) is 0 Å². The van der Waals surface area contributed by atoms with Gasteiger partial charge in [0, 0.05) is 0 Å². The molecule has 0 unspecified atom stereocenters. The molecule has 0 aromatic carbocycles. The third-order valence-electron chi connectivity index (χ3n) is 2.03. The van der Waals surface area contributed by atoms with Crippen molar-refractivity contribution in [1.82, 2.24) is 29.4 Å². The Bertz CT molecular complexity index is 441. The van der Waals surface area contributed by atoms with Gasteiger partial charge >= 0.3 is 7.55 Å². The molecule has 0 aliphatic heterocycles. The number of aromatic nitrogens is 6. The smallest absolute Gasteiger partial charge is 0.272 e. The van der Waals surface area contributed by atoms with Crippen molar-refractivity contribution >= 4 is 7.55 Å². The molecule has 0 aliphatic carbocycles. The molecule has 77 valence electrons. The van der Waals surface area contributed by atoms with Gasteiger partial charge in [0.2, 0.25) is 0 Å². The molecule has 2 heterocycles. The van der Waals surface area contributed by atoms with Gasteiger partial charge in [0.15, 0.2) is 0 Å². The molecule has 2 rings (SSSR count). The van der Waals surface area contributed by atoms with Crippen molar-refractivity contribution in [1.29, 1.82) is 0 Å². The quantitative estimate of drug-likeness (QED) is 0.646. The number of aryl methyl sites for hydroxylation is 4. The lowest BCUT2D eigenvalue weighted by Crippen LogP contribution is -2.22. The summed E-state index contributed by atoms with van der Waals surface area (Å²) in [5, 5.41) is 8.43. The lowest BCUT2D eigenvalue weighted by molar-refractivity contribution is 0.831. The van der Waals surface area contributed by atoms with Crippen LogP contribution in [0, 0.1) is 27.7 Å². The summed E-state index contributed by atoms with van der Waals surface area (Å²) in [6.07, 6.45) is 0. The van der Waals surface area contributed by atoms with E-state index in [1.165, 1.54) is 0 Å². The number of nitrogens with zero attached hydrogens (tertiary/aromatic N) is 6. The van der Waals surface area contributed by atoms with E-state index >= 15 is 0 Å². The van der Waals surface area contributed by atoms with Gasteiger partial charge in [-0.15, -0.1) is 0 Å². The van der Waals surface area contributed by atoms with E-state index in [-0.39, 0.29) is 0 Å². The van der Waals surface area contributed by atoms with Crippen molar-refractivity contribution in [2.45, 2.75) is 27.7 Å². The minimum Gasteiger partial charge on any atom is -0.272 e. The molecule has 0 spiro atoms. The van der Waals surface area contributed by atoms with Gasteiger partial charge in [-0.1, -0.05) is 0 Å². The predicted octanol–water partition coefficient (Wildman–Crippen LogP) is 0.0339. The summed E-state index contributed by atoms with van der Waals surface area (Å²) in [6.45, 7) is 7.51. The van der Waals surface area contributed by atoms with Crippen LogP contribution in [0.5, 0.6) is 0 Å². The number of hydrogen-bond acceptors (Lipinski definition) is 4. The molecular weight excluding hydrogens is 191 g/mol. The highest BCUT2D eigenvalue weighted by Gasteiger charge is 2.10. The SMILES string of the molecule is Cc1nc(C)n([B]n2nc(C)nc2C)n1. The summed E-state index contributed by atoms with van der Waals surface area (Å²) in [7, 11) is 1.77. The summed E-state index contributed by atoms with van der Waals surface area (Å²) in [4.78, 5) is 8.41. The van der Waals surface area contributed by atoms with Gasteiger partial charge in [-0.2, -0.15) is 10.2 Å². The molecule has 0 N–H and O–H groups in total. The summed E-state index contributed by atoms with van der Waals surface area (Å²) in [6, 6.07) is 0. The fraction of sp³-hybridized carbons (Fsp3) is 0.500. The van der Waals surface area contributed by atoms with E-state index in [1.54, 1.807) is 16.7 Å². The Hall–Kier alpha value is -1.66. The van der Waals surface area contributed by atoms with E-state index in [1.807, 2.05) is 27.7 Å². The zero-order valence-corrected chi connectivity index (χ0v) is 9.26. The van der Waals surface area contributed by atoms with Crippen LogP contribution in [0.4, 0.5) is 0 Å². The second-order valence-corrected chi connectivity index (χ2v) is 3.42. The standard InChI is InChI=1S/C8H12BN6/c1-5-10-7(3)14(12-5)9-15-8(4)11-6(2)13-15/h1-4H3. The number of hydrogen-bond donors (Lipinski definition) is 0. The molecular formula is C8H12BN6. The van der Waals surface area contributed by atoms with E-state index in [9.17, 15) is 0 Å². The van der Waals surface area contributed by atoms with Crippen molar-refractivity contribution in [3.05, 3.63) is 23.3 Å². The molecule has 0 saturated carbocycles. The Morgan fingerprint density at radius 3 is 1.47 bits per heavy atom. The topological polar surface area (TPSA) is 61.4 Å². The maximum atomic E-state index is 4.22. The van der Waals surface area contributed by atoms with E-state index in [0.717, 1.165) is 23.3 Å². The molecule has 2 aromatic heterocycles. The monoisotopic (exact) mass is 203 g/mol. The van der Waals surface area contributed by atoms with Crippen molar-refractivity contribution in [3.8, 4) is 0 Å². The summed E-state index contributed by atoms with van der Waals surface area (Å²) in [5.41, 5.74) is 0. The Kier molecular flexibility index (Phi) is 2.30. The maximum Gasteiger partial charge on any atom is 0.441 e. The minimum absolute atomic E-state index is 0.748. The fourth-order valence-electron chi connectivity index (χ4n) is 1.39.